The van der Waals surface area contributed by atoms with Gasteiger partial charge in [-0.05, 0) is 0 Å². The van der Waals surface area contributed by atoms with Crippen molar-refractivity contribution in [3.05, 3.63) is 35.1 Å². The van der Waals surface area contributed by atoms with Crippen LogP contribution in [0.15, 0.2) is 24.4 Å². The summed E-state index contributed by atoms with van der Waals surface area (Å²) in [6, 6.07) is 5.37. The quantitative estimate of drug-likeness (QED) is 0.453. The molecule has 0 unspecified atom stereocenters. The van der Waals surface area contributed by atoms with Crippen LogP contribution in [0.3, 0.4) is 0 Å². The number of hydrogen-bond acceptors (Lipinski definition) is 4. The topological polar surface area (TPSA) is 57.0 Å². The van der Waals surface area contributed by atoms with Crippen molar-refractivity contribution in [1.82, 2.24) is 14.8 Å². The van der Waals surface area contributed by atoms with Crippen molar-refractivity contribution >= 4 is 35.4 Å². The summed E-state index contributed by atoms with van der Waals surface area (Å²) in [7, 11) is 0. The Morgan fingerprint density at radius 1 is 1.22 bits per heavy atom. The molecule has 2 rings (SSSR count). The fraction of sp³-hybridized carbons (Fsp3) is 0.438. The minimum absolute atomic E-state index is 0.117. The number of halogens is 1. The molecule has 2 heterocycles. The normalized spacial score (nSPS) is 12.3. The number of rotatable bonds is 3. The van der Waals surface area contributed by atoms with Gasteiger partial charge in [0.15, 0.2) is 0 Å². The van der Waals surface area contributed by atoms with Gasteiger partial charge in [0.25, 0.3) is 0 Å². The van der Waals surface area contributed by atoms with E-state index < -0.39 is 24.8 Å². The van der Waals surface area contributed by atoms with E-state index in [0.717, 1.165) is 4.53 Å². The van der Waals surface area contributed by atoms with E-state index in [9.17, 15) is 4.79 Å². The Hall–Kier alpha value is -1.34. The maximum absolute atomic E-state index is 12.1. The van der Waals surface area contributed by atoms with Gasteiger partial charge < -0.3 is 0 Å². The Labute approximate surface area is 144 Å². The van der Waals surface area contributed by atoms with Crippen LogP contribution in [0.1, 0.15) is 31.1 Å². The number of carbonyl (C=O) groups is 1. The first-order valence-electron chi connectivity index (χ1n) is 7.44. The third-order valence-corrected chi connectivity index (χ3v) is 7.12. The van der Waals surface area contributed by atoms with Crippen molar-refractivity contribution in [2.24, 2.45) is 0 Å². The van der Waals surface area contributed by atoms with Gasteiger partial charge in [0.2, 0.25) is 0 Å². The van der Waals surface area contributed by atoms with Crippen LogP contribution in [0, 0.1) is 0 Å². The molecule has 7 heteroatoms. The number of carbonyl (C=O) groups excluding carboxylic acids is 1. The summed E-state index contributed by atoms with van der Waals surface area (Å²) >= 11 is 4.18. The Morgan fingerprint density at radius 2 is 1.87 bits per heavy atom. The molecule has 0 bridgehead atoms. The molecule has 5 nitrogen and oxygen atoms in total. The average molecular weight is 396 g/mol. The van der Waals surface area contributed by atoms with Crippen LogP contribution in [-0.4, -0.2) is 39.6 Å². The van der Waals surface area contributed by atoms with Crippen LogP contribution in [0.2, 0.25) is 22.4 Å². The Balaban J connectivity index is 2.29. The summed E-state index contributed by atoms with van der Waals surface area (Å²) in [4.78, 5) is 16.4. The summed E-state index contributed by atoms with van der Waals surface area (Å²) < 4.78 is 8.15. The zero-order chi connectivity index (χ0) is 17.4. The number of aromatic nitrogens is 3. The van der Waals surface area contributed by atoms with Crippen molar-refractivity contribution in [2.45, 2.75) is 43.6 Å². The third kappa shape index (κ3) is 4.57. The second-order valence-electron chi connectivity index (χ2n) is 7.41. The molecule has 0 spiro atoms. The van der Waals surface area contributed by atoms with Gasteiger partial charge in [0.1, 0.15) is 0 Å². The predicted octanol–water partition coefficient (Wildman–Crippen LogP) is 3.42. The van der Waals surface area contributed by atoms with E-state index in [1.807, 2.05) is 33.0 Å². The SMILES string of the molecule is CC(C)(C)OC(=O)c1ccc(-n2cc[c]([Ge]([CH3])([CH3])[CH3])n2)nc1Cl. The number of nitrogens with zero attached hydrogens (tertiary/aromatic N) is 3. The van der Waals surface area contributed by atoms with Crippen molar-refractivity contribution < 1.29 is 9.53 Å². The molecular formula is C16H22ClGeN3O2. The van der Waals surface area contributed by atoms with Gasteiger partial charge in [0.05, 0.1) is 0 Å². The fourth-order valence-corrected chi connectivity index (χ4v) is 4.18. The molecule has 0 saturated carbocycles. The summed E-state index contributed by atoms with van der Waals surface area (Å²) in [6.07, 6.45) is 1.87. The monoisotopic (exact) mass is 397 g/mol. The van der Waals surface area contributed by atoms with Crippen LogP contribution in [0.25, 0.3) is 5.82 Å². The van der Waals surface area contributed by atoms with Crippen LogP contribution in [-0.2, 0) is 4.74 Å². The van der Waals surface area contributed by atoms with Crippen LogP contribution >= 0.6 is 11.6 Å². The predicted molar refractivity (Wildman–Crippen MR) is 94.5 cm³/mol. The van der Waals surface area contributed by atoms with E-state index >= 15 is 0 Å². The summed E-state index contributed by atoms with van der Waals surface area (Å²) in [5.74, 6) is 6.93. The molecule has 0 atom stereocenters. The first kappa shape index (κ1) is 18.0. The Bertz CT molecular complexity index is 730. The number of ether oxygens (including phenoxy) is 1. The third-order valence-electron chi connectivity index (χ3n) is 3.05. The van der Waals surface area contributed by atoms with E-state index in [1.54, 1.807) is 16.8 Å². The van der Waals surface area contributed by atoms with Gasteiger partial charge in [-0.25, -0.2) is 0 Å². The molecule has 23 heavy (non-hydrogen) atoms. The Kier molecular flexibility index (Phi) is 4.92. The second-order valence-corrected chi connectivity index (χ2v) is 18.3. The molecule has 2 aromatic heterocycles. The van der Waals surface area contributed by atoms with Gasteiger partial charge >= 0.3 is 144 Å². The molecule has 0 aliphatic heterocycles. The van der Waals surface area contributed by atoms with Crippen LogP contribution < -0.4 is 4.53 Å². The van der Waals surface area contributed by atoms with Crippen molar-refractivity contribution in [2.75, 3.05) is 0 Å². The van der Waals surface area contributed by atoms with Crippen LogP contribution in [0.4, 0.5) is 0 Å². The van der Waals surface area contributed by atoms with E-state index in [2.05, 4.69) is 27.4 Å². The summed E-state index contributed by atoms with van der Waals surface area (Å²) in [5, 5.41) is 4.71. The molecule has 0 fully saturated rings. The summed E-state index contributed by atoms with van der Waals surface area (Å²) in [6.45, 7) is 5.43. The molecule has 0 radical (unpaired) electrons. The van der Waals surface area contributed by atoms with Gasteiger partial charge in [-0.2, -0.15) is 0 Å². The molecule has 2 aromatic rings. The van der Waals surface area contributed by atoms with Crippen molar-refractivity contribution in [3.8, 4) is 5.82 Å². The molecule has 0 aromatic carbocycles. The molecule has 0 amide bonds. The fourth-order valence-electron chi connectivity index (χ4n) is 1.89. The van der Waals surface area contributed by atoms with Gasteiger partial charge in [0, 0.05) is 0 Å². The molecule has 0 aliphatic carbocycles. The molecular weight excluding hydrogens is 374 g/mol. The van der Waals surface area contributed by atoms with Crippen molar-refractivity contribution in [1.29, 1.82) is 0 Å². The van der Waals surface area contributed by atoms with Gasteiger partial charge in [-0.3, -0.25) is 0 Å². The van der Waals surface area contributed by atoms with Gasteiger partial charge in [-0.1, -0.05) is 0 Å². The van der Waals surface area contributed by atoms with Crippen molar-refractivity contribution in [3.63, 3.8) is 0 Å². The maximum atomic E-state index is 12.1. The van der Waals surface area contributed by atoms with E-state index in [-0.39, 0.29) is 10.7 Å². The van der Waals surface area contributed by atoms with E-state index in [1.165, 1.54) is 0 Å². The first-order chi connectivity index (χ1) is 10.5. The van der Waals surface area contributed by atoms with Crippen LogP contribution in [0.5, 0.6) is 0 Å². The zero-order valence-electron chi connectivity index (χ0n) is 14.3. The molecule has 0 N–H and O–H groups in total. The molecule has 124 valence electrons. The minimum atomic E-state index is -1.98. The van der Waals surface area contributed by atoms with Gasteiger partial charge in [-0.15, -0.1) is 0 Å². The number of pyridine rings is 1. The Morgan fingerprint density at radius 3 is 2.35 bits per heavy atom. The molecule has 0 aliphatic rings. The number of esters is 1. The first-order valence-corrected chi connectivity index (χ1v) is 15.2. The molecule has 0 saturated heterocycles. The summed E-state index contributed by atoms with van der Waals surface area (Å²) in [5.41, 5.74) is -0.319. The van der Waals surface area contributed by atoms with E-state index in [0.29, 0.717) is 5.82 Å². The average Bonchev–Trinajstić information content (AvgIpc) is 2.85. The number of hydrogen-bond donors (Lipinski definition) is 0. The standard InChI is InChI=1S/C16H22ClGeN3O2/c1-16(2,3)23-15(22)11-7-8-13(19-14(11)17)21-10-9-12(20-21)18(4,5)6/h7-10H,1-6H3. The second kappa shape index (κ2) is 6.28. The van der Waals surface area contributed by atoms with E-state index in [4.69, 9.17) is 16.3 Å². The zero-order valence-corrected chi connectivity index (χ0v) is 17.2.